The number of anilines is 1. The van der Waals surface area contributed by atoms with Gasteiger partial charge in [-0.15, -0.1) is 24.0 Å². The van der Waals surface area contributed by atoms with Gasteiger partial charge in [-0.3, -0.25) is 4.99 Å². The van der Waals surface area contributed by atoms with Crippen molar-refractivity contribution < 1.29 is 9.47 Å². The van der Waals surface area contributed by atoms with Gasteiger partial charge in [-0.2, -0.15) is 0 Å². The van der Waals surface area contributed by atoms with Gasteiger partial charge in [0.05, 0.1) is 14.2 Å². The van der Waals surface area contributed by atoms with E-state index in [0.29, 0.717) is 6.54 Å². The van der Waals surface area contributed by atoms with E-state index in [1.165, 1.54) is 5.69 Å². The van der Waals surface area contributed by atoms with E-state index in [4.69, 9.17) is 9.47 Å². The molecule has 0 atom stereocenters. The zero-order valence-electron chi connectivity index (χ0n) is 16.4. The van der Waals surface area contributed by atoms with Gasteiger partial charge in [0.15, 0.2) is 17.5 Å². The minimum Gasteiger partial charge on any atom is -0.493 e. The van der Waals surface area contributed by atoms with Gasteiger partial charge in [-0.05, 0) is 29.8 Å². The van der Waals surface area contributed by atoms with Crippen LogP contribution >= 0.6 is 24.0 Å². The maximum absolute atomic E-state index is 5.34. The molecule has 2 aromatic rings. The number of hydrogen-bond donors (Lipinski definition) is 2. The van der Waals surface area contributed by atoms with Gasteiger partial charge in [0.2, 0.25) is 0 Å². The number of para-hydroxylation sites is 1. The molecule has 0 unspecified atom stereocenters. The number of halogens is 1. The average molecular weight is 484 g/mol. The summed E-state index contributed by atoms with van der Waals surface area (Å²) < 4.78 is 10.6. The van der Waals surface area contributed by atoms with E-state index in [2.05, 4.69) is 39.7 Å². The zero-order chi connectivity index (χ0) is 18.8. The lowest BCUT2D eigenvalue weighted by molar-refractivity contribution is 0.354. The molecule has 0 aliphatic heterocycles. The zero-order valence-corrected chi connectivity index (χ0v) is 18.7. The molecule has 6 nitrogen and oxygen atoms in total. The molecule has 0 saturated heterocycles. The first-order valence-corrected chi connectivity index (χ1v) is 8.59. The topological polar surface area (TPSA) is 58.1 Å². The molecule has 0 aliphatic carbocycles. The van der Waals surface area contributed by atoms with Crippen molar-refractivity contribution in [3.8, 4) is 11.5 Å². The highest BCUT2D eigenvalue weighted by molar-refractivity contribution is 14.0. The number of nitrogens with one attached hydrogen (secondary N) is 2. The predicted octanol–water partition coefficient (Wildman–Crippen LogP) is 3.12. The van der Waals surface area contributed by atoms with Crippen LogP contribution in [0.4, 0.5) is 5.69 Å². The number of likely N-dealkylation sites (N-methyl/N-ethyl adjacent to an activating group) is 1. The molecule has 148 valence electrons. The predicted molar refractivity (Wildman–Crippen MR) is 123 cm³/mol. The maximum atomic E-state index is 5.34. The quantitative estimate of drug-likeness (QED) is 0.343. The summed E-state index contributed by atoms with van der Waals surface area (Å²) in [6, 6.07) is 16.2. The molecule has 0 bridgehead atoms. The standard InChI is InChI=1S/C20H28N4O2.HI/c1-21-20(22-12-13-24(2)17-8-6-5-7-9-17)23-15-16-10-11-18(25-3)19(14-16)26-4;/h5-11,14H,12-13,15H2,1-4H3,(H2,21,22,23);1H. The van der Waals surface area contributed by atoms with Crippen LogP contribution in [-0.4, -0.2) is 47.4 Å². The smallest absolute Gasteiger partial charge is 0.191 e. The van der Waals surface area contributed by atoms with Crippen molar-refractivity contribution in [1.29, 1.82) is 0 Å². The highest BCUT2D eigenvalue weighted by Crippen LogP contribution is 2.27. The van der Waals surface area contributed by atoms with Crippen LogP contribution in [0.1, 0.15) is 5.56 Å². The number of aliphatic imine (C=N–C) groups is 1. The summed E-state index contributed by atoms with van der Waals surface area (Å²) in [6.07, 6.45) is 0. The molecule has 0 saturated carbocycles. The van der Waals surface area contributed by atoms with Gasteiger partial charge in [0.25, 0.3) is 0 Å². The molecule has 0 radical (unpaired) electrons. The van der Waals surface area contributed by atoms with Crippen molar-refractivity contribution in [3.05, 3.63) is 54.1 Å². The molecular formula is C20H29IN4O2. The molecule has 0 fully saturated rings. The lowest BCUT2D eigenvalue weighted by Gasteiger charge is -2.20. The van der Waals surface area contributed by atoms with E-state index in [9.17, 15) is 0 Å². The summed E-state index contributed by atoms with van der Waals surface area (Å²) in [5.74, 6) is 2.21. The lowest BCUT2D eigenvalue weighted by Crippen LogP contribution is -2.40. The molecule has 2 aromatic carbocycles. The minimum atomic E-state index is 0. The summed E-state index contributed by atoms with van der Waals surface area (Å²) in [5, 5.41) is 6.64. The Morgan fingerprint density at radius 3 is 2.33 bits per heavy atom. The lowest BCUT2D eigenvalue weighted by atomic mass is 10.2. The van der Waals surface area contributed by atoms with Gasteiger partial charge < -0.3 is 25.0 Å². The fourth-order valence-electron chi connectivity index (χ4n) is 2.55. The van der Waals surface area contributed by atoms with Crippen LogP contribution in [0.2, 0.25) is 0 Å². The Morgan fingerprint density at radius 1 is 1.00 bits per heavy atom. The summed E-state index contributed by atoms with van der Waals surface area (Å²) >= 11 is 0. The Kier molecular flexibility index (Phi) is 10.4. The molecule has 0 spiro atoms. The molecule has 2 N–H and O–H groups in total. The van der Waals surface area contributed by atoms with Crippen LogP contribution in [0.15, 0.2) is 53.5 Å². The molecule has 0 heterocycles. The summed E-state index contributed by atoms with van der Waals surface area (Å²) in [6.45, 7) is 2.31. The van der Waals surface area contributed by atoms with Crippen LogP contribution in [0.3, 0.4) is 0 Å². The van der Waals surface area contributed by atoms with Crippen molar-refractivity contribution in [2.24, 2.45) is 4.99 Å². The molecule has 0 aliphatic rings. The van der Waals surface area contributed by atoms with Crippen molar-refractivity contribution >= 4 is 35.6 Å². The first-order valence-electron chi connectivity index (χ1n) is 8.59. The van der Waals surface area contributed by atoms with Crippen molar-refractivity contribution in [3.63, 3.8) is 0 Å². The Morgan fingerprint density at radius 2 is 1.70 bits per heavy atom. The van der Waals surface area contributed by atoms with Crippen molar-refractivity contribution in [2.75, 3.05) is 46.3 Å². The third-order valence-electron chi connectivity index (χ3n) is 4.07. The number of benzene rings is 2. The fourth-order valence-corrected chi connectivity index (χ4v) is 2.55. The molecule has 27 heavy (non-hydrogen) atoms. The van der Waals surface area contributed by atoms with Crippen LogP contribution in [0, 0.1) is 0 Å². The highest BCUT2D eigenvalue weighted by atomic mass is 127. The first-order chi connectivity index (χ1) is 12.7. The maximum Gasteiger partial charge on any atom is 0.191 e. The number of rotatable bonds is 8. The first kappa shape index (κ1) is 22.9. The van der Waals surface area contributed by atoms with Gasteiger partial charge >= 0.3 is 0 Å². The third kappa shape index (κ3) is 7.16. The minimum absolute atomic E-state index is 0. The number of hydrogen-bond acceptors (Lipinski definition) is 4. The van der Waals surface area contributed by atoms with E-state index >= 15 is 0 Å². The monoisotopic (exact) mass is 484 g/mol. The highest BCUT2D eigenvalue weighted by Gasteiger charge is 2.06. The van der Waals surface area contributed by atoms with Gasteiger partial charge in [-0.1, -0.05) is 24.3 Å². The van der Waals surface area contributed by atoms with Gasteiger partial charge in [0, 0.05) is 39.4 Å². The number of nitrogens with zero attached hydrogens (tertiary/aromatic N) is 2. The summed E-state index contributed by atoms with van der Waals surface area (Å²) in [5.41, 5.74) is 2.29. The Labute approximate surface area is 179 Å². The second kappa shape index (κ2) is 12.3. The number of guanidine groups is 1. The van der Waals surface area contributed by atoms with E-state index < -0.39 is 0 Å². The number of methoxy groups -OCH3 is 2. The summed E-state index contributed by atoms with van der Waals surface area (Å²) in [7, 11) is 7.12. The number of ether oxygens (including phenoxy) is 2. The van der Waals surface area contributed by atoms with Crippen molar-refractivity contribution in [1.82, 2.24) is 10.6 Å². The summed E-state index contributed by atoms with van der Waals surface area (Å²) in [4.78, 5) is 6.47. The van der Waals surface area contributed by atoms with Crippen LogP contribution < -0.4 is 25.0 Å². The molecule has 0 amide bonds. The van der Waals surface area contributed by atoms with Crippen LogP contribution in [0.5, 0.6) is 11.5 Å². The molecule has 2 rings (SSSR count). The van der Waals surface area contributed by atoms with E-state index in [1.54, 1.807) is 21.3 Å². The third-order valence-corrected chi connectivity index (χ3v) is 4.07. The molecule has 7 heteroatoms. The average Bonchev–Trinajstić information content (AvgIpc) is 2.70. The Balaban J connectivity index is 0.00000364. The van der Waals surface area contributed by atoms with E-state index in [0.717, 1.165) is 36.1 Å². The Bertz CT molecular complexity index is 710. The second-order valence-corrected chi connectivity index (χ2v) is 5.80. The van der Waals surface area contributed by atoms with Gasteiger partial charge in [-0.25, -0.2) is 0 Å². The largest absolute Gasteiger partial charge is 0.493 e. The SMILES string of the molecule is CN=C(NCCN(C)c1ccccc1)NCc1ccc(OC)c(OC)c1.I. The van der Waals surface area contributed by atoms with Gasteiger partial charge in [0.1, 0.15) is 0 Å². The second-order valence-electron chi connectivity index (χ2n) is 5.80. The Hall–Kier alpha value is -2.16. The van der Waals surface area contributed by atoms with Crippen LogP contribution in [0.25, 0.3) is 0 Å². The molecular weight excluding hydrogens is 455 g/mol. The normalized spacial score (nSPS) is 10.6. The fraction of sp³-hybridized carbons (Fsp3) is 0.350. The molecule has 0 aromatic heterocycles. The van der Waals surface area contributed by atoms with Crippen molar-refractivity contribution in [2.45, 2.75) is 6.54 Å². The van der Waals surface area contributed by atoms with E-state index in [1.807, 2.05) is 36.4 Å². The van der Waals surface area contributed by atoms with E-state index in [-0.39, 0.29) is 24.0 Å². The van der Waals surface area contributed by atoms with Crippen LogP contribution in [-0.2, 0) is 6.54 Å².